The fourth-order valence-electron chi connectivity index (χ4n) is 1.95. The molecule has 1 aliphatic rings. The number of likely N-dealkylation sites (tertiary alicyclic amines) is 1. The van der Waals surface area contributed by atoms with Crippen molar-refractivity contribution in [2.24, 2.45) is 0 Å². The van der Waals surface area contributed by atoms with Gasteiger partial charge in [0.2, 0.25) is 0 Å². The third-order valence-electron chi connectivity index (χ3n) is 2.81. The molecule has 1 fully saturated rings. The molecule has 1 aliphatic heterocycles. The van der Waals surface area contributed by atoms with E-state index in [1.807, 2.05) is 7.05 Å². The van der Waals surface area contributed by atoms with E-state index in [9.17, 15) is 0 Å². The standard InChI is InChI=1S/C10H22N2/c1-10-6-3-4-8-12(10)9-5-7-11-2/h10-11H,3-9H2,1-2H3/t10-/m0/s1. The molecule has 1 rings (SSSR count). The van der Waals surface area contributed by atoms with Gasteiger partial charge in [-0.2, -0.15) is 0 Å². The number of nitrogens with one attached hydrogen (secondary N) is 1. The highest BCUT2D eigenvalue weighted by molar-refractivity contribution is 4.72. The first-order chi connectivity index (χ1) is 5.84. The average molecular weight is 170 g/mol. The van der Waals surface area contributed by atoms with E-state index in [0.717, 1.165) is 12.6 Å². The molecule has 2 heteroatoms. The molecular weight excluding hydrogens is 148 g/mol. The Kier molecular flexibility index (Phi) is 4.62. The van der Waals surface area contributed by atoms with Gasteiger partial charge in [0, 0.05) is 6.04 Å². The molecule has 0 bridgehead atoms. The monoisotopic (exact) mass is 170 g/mol. The molecular formula is C10H22N2. The number of piperidine rings is 1. The summed E-state index contributed by atoms with van der Waals surface area (Å²) in [5.74, 6) is 0. The fraction of sp³-hybridized carbons (Fsp3) is 1.00. The summed E-state index contributed by atoms with van der Waals surface area (Å²) in [5.41, 5.74) is 0. The summed E-state index contributed by atoms with van der Waals surface area (Å²) < 4.78 is 0. The maximum Gasteiger partial charge on any atom is 0.00669 e. The van der Waals surface area contributed by atoms with Crippen LogP contribution in [-0.2, 0) is 0 Å². The zero-order chi connectivity index (χ0) is 8.81. The first-order valence-corrected chi connectivity index (χ1v) is 5.23. The van der Waals surface area contributed by atoms with Crippen LogP contribution < -0.4 is 5.32 Å². The van der Waals surface area contributed by atoms with Crippen molar-refractivity contribution < 1.29 is 0 Å². The van der Waals surface area contributed by atoms with Crippen LogP contribution >= 0.6 is 0 Å². The van der Waals surface area contributed by atoms with Crippen molar-refractivity contribution in [2.45, 2.75) is 38.6 Å². The second-order valence-electron chi connectivity index (χ2n) is 3.84. The van der Waals surface area contributed by atoms with Gasteiger partial charge >= 0.3 is 0 Å². The predicted molar refractivity (Wildman–Crippen MR) is 53.4 cm³/mol. The van der Waals surface area contributed by atoms with Crippen molar-refractivity contribution in [3.05, 3.63) is 0 Å². The number of rotatable bonds is 4. The summed E-state index contributed by atoms with van der Waals surface area (Å²) in [5, 5.41) is 3.20. The van der Waals surface area contributed by atoms with Crippen LogP contribution in [0.1, 0.15) is 32.6 Å². The number of hydrogen-bond donors (Lipinski definition) is 1. The zero-order valence-electron chi connectivity index (χ0n) is 8.47. The van der Waals surface area contributed by atoms with Crippen LogP contribution in [0.3, 0.4) is 0 Å². The largest absolute Gasteiger partial charge is 0.320 e. The van der Waals surface area contributed by atoms with Gasteiger partial charge in [-0.25, -0.2) is 0 Å². The maximum atomic E-state index is 3.20. The highest BCUT2D eigenvalue weighted by atomic mass is 15.2. The fourth-order valence-corrected chi connectivity index (χ4v) is 1.95. The van der Waals surface area contributed by atoms with Gasteiger partial charge < -0.3 is 10.2 Å². The van der Waals surface area contributed by atoms with Gasteiger partial charge in [0.05, 0.1) is 0 Å². The topological polar surface area (TPSA) is 15.3 Å². The minimum Gasteiger partial charge on any atom is -0.320 e. The van der Waals surface area contributed by atoms with Crippen molar-refractivity contribution in [2.75, 3.05) is 26.7 Å². The second kappa shape index (κ2) is 5.55. The smallest absolute Gasteiger partial charge is 0.00669 e. The Balaban J connectivity index is 2.11. The van der Waals surface area contributed by atoms with Crippen LogP contribution in [0.15, 0.2) is 0 Å². The Morgan fingerprint density at radius 2 is 2.25 bits per heavy atom. The van der Waals surface area contributed by atoms with E-state index in [4.69, 9.17) is 0 Å². The van der Waals surface area contributed by atoms with Crippen molar-refractivity contribution >= 4 is 0 Å². The molecule has 0 aromatic rings. The second-order valence-corrected chi connectivity index (χ2v) is 3.84. The lowest BCUT2D eigenvalue weighted by Gasteiger charge is -2.33. The van der Waals surface area contributed by atoms with Crippen LogP contribution in [0.5, 0.6) is 0 Å². The third kappa shape index (κ3) is 3.11. The van der Waals surface area contributed by atoms with E-state index in [0.29, 0.717) is 0 Å². The summed E-state index contributed by atoms with van der Waals surface area (Å²) in [6, 6.07) is 0.829. The van der Waals surface area contributed by atoms with Gasteiger partial charge in [-0.3, -0.25) is 0 Å². The van der Waals surface area contributed by atoms with Crippen molar-refractivity contribution in [1.29, 1.82) is 0 Å². The van der Waals surface area contributed by atoms with Gasteiger partial charge in [-0.15, -0.1) is 0 Å². The van der Waals surface area contributed by atoms with Crippen molar-refractivity contribution in [3.63, 3.8) is 0 Å². The summed E-state index contributed by atoms with van der Waals surface area (Å²) in [6.07, 6.45) is 5.54. The lowest BCUT2D eigenvalue weighted by Crippen LogP contribution is -2.38. The van der Waals surface area contributed by atoms with Crippen molar-refractivity contribution in [1.82, 2.24) is 10.2 Å². The minimum atomic E-state index is 0.829. The first kappa shape index (κ1) is 10.0. The normalized spacial score (nSPS) is 26.0. The molecule has 72 valence electrons. The predicted octanol–water partition coefficient (Wildman–Crippen LogP) is 1.47. The highest BCUT2D eigenvalue weighted by Gasteiger charge is 2.16. The summed E-state index contributed by atoms with van der Waals surface area (Å²) >= 11 is 0. The molecule has 1 N–H and O–H groups in total. The minimum absolute atomic E-state index is 0.829. The van der Waals surface area contributed by atoms with Gasteiger partial charge in [0.15, 0.2) is 0 Å². The SMILES string of the molecule is CNCCCN1CCCC[C@@H]1C. The molecule has 1 heterocycles. The Labute approximate surface area is 76.3 Å². The van der Waals surface area contributed by atoms with Crippen LogP contribution in [0.2, 0.25) is 0 Å². The van der Waals surface area contributed by atoms with E-state index in [1.165, 1.54) is 38.8 Å². The molecule has 0 saturated carbocycles. The van der Waals surface area contributed by atoms with Crippen LogP contribution in [0.25, 0.3) is 0 Å². The molecule has 0 aliphatic carbocycles. The van der Waals surface area contributed by atoms with Gasteiger partial charge in [-0.05, 0) is 52.9 Å². The Morgan fingerprint density at radius 3 is 2.92 bits per heavy atom. The first-order valence-electron chi connectivity index (χ1n) is 5.23. The molecule has 1 atom stereocenters. The van der Waals surface area contributed by atoms with Crippen molar-refractivity contribution in [3.8, 4) is 0 Å². The molecule has 0 amide bonds. The quantitative estimate of drug-likeness (QED) is 0.643. The van der Waals surface area contributed by atoms with Crippen LogP contribution in [0.4, 0.5) is 0 Å². The Bertz CT molecular complexity index is 114. The highest BCUT2D eigenvalue weighted by Crippen LogP contribution is 2.15. The summed E-state index contributed by atoms with van der Waals surface area (Å²) in [6.45, 7) is 6.12. The molecule has 2 nitrogen and oxygen atoms in total. The third-order valence-corrected chi connectivity index (χ3v) is 2.81. The van der Waals surface area contributed by atoms with Crippen LogP contribution in [-0.4, -0.2) is 37.6 Å². The van der Waals surface area contributed by atoms with Gasteiger partial charge in [0.25, 0.3) is 0 Å². The van der Waals surface area contributed by atoms with E-state index in [-0.39, 0.29) is 0 Å². The number of nitrogens with zero attached hydrogens (tertiary/aromatic N) is 1. The Hall–Kier alpha value is -0.0800. The maximum absolute atomic E-state index is 3.20. The summed E-state index contributed by atoms with van der Waals surface area (Å²) in [4.78, 5) is 2.63. The van der Waals surface area contributed by atoms with Crippen LogP contribution in [0, 0.1) is 0 Å². The van der Waals surface area contributed by atoms with E-state index < -0.39 is 0 Å². The average Bonchev–Trinajstić information content (AvgIpc) is 2.09. The molecule has 0 unspecified atom stereocenters. The molecule has 12 heavy (non-hydrogen) atoms. The van der Waals surface area contributed by atoms with Gasteiger partial charge in [-0.1, -0.05) is 6.42 Å². The number of hydrogen-bond acceptors (Lipinski definition) is 2. The lowest BCUT2D eigenvalue weighted by molar-refractivity contribution is 0.159. The van der Waals surface area contributed by atoms with E-state index in [2.05, 4.69) is 17.1 Å². The van der Waals surface area contributed by atoms with Gasteiger partial charge in [0.1, 0.15) is 0 Å². The molecule has 0 radical (unpaired) electrons. The Morgan fingerprint density at radius 1 is 1.42 bits per heavy atom. The lowest BCUT2D eigenvalue weighted by atomic mass is 10.0. The molecule has 0 aromatic carbocycles. The van der Waals surface area contributed by atoms with E-state index >= 15 is 0 Å². The molecule has 0 spiro atoms. The molecule has 1 saturated heterocycles. The molecule has 0 aromatic heterocycles. The van der Waals surface area contributed by atoms with E-state index in [1.54, 1.807) is 0 Å². The zero-order valence-corrected chi connectivity index (χ0v) is 8.47. The summed E-state index contributed by atoms with van der Waals surface area (Å²) in [7, 11) is 2.03.